The predicted octanol–water partition coefficient (Wildman–Crippen LogP) is 3.68. The van der Waals surface area contributed by atoms with Gasteiger partial charge in [0.2, 0.25) is 0 Å². The second kappa shape index (κ2) is 7.10. The molecule has 0 atom stereocenters. The molecule has 0 saturated carbocycles. The number of nitro groups is 1. The Morgan fingerprint density at radius 2 is 1.83 bits per heavy atom. The molecule has 124 valence electrons. The Hall–Kier alpha value is -2.93. The lowest BCUT2D eigenvalue weighted by atomic mass is 10.1. The van der Waals surface area contributed by atoms with Crippen molar-refractivity contribution in [3.05, 3.63) is 62.7 Å². The van der Waals surface area contributed by atoms with E-state index in [0.717, 1.165) is 12.1 Å². The van der Waals surface area contributed by atoms with Gasteiger partial charge in [-0.15, -0.1) is 0 Å². The number of rotatable bonds is 5. The van der Waals surface area contributed by atoms with Crippen LogP contribution in [0.1, 0.15) is 27.6 Å². The number of Topliss-reactive ketones (excluding diaryl/α,β-unsaturated/α-hetero) is 1. The molecule has 2 aromatic carbocycles. The zero-order chi connectivity index (χ0) is 17.9. The highest BCUT2D eigenvalue weighted by Gasteiger charge is 2.19. The molecule has 7 nitrogen and oxygen atoms in total. The van der Waals surface area contributed by atoms with E-state index in [4.69, 9.17) is 21.1 Å². The molecule has 2 aromatic rings. The fourth-order valence-corrected chi connectivity index (χ4v) is 2.16. The van der Waals surface area contributed by atoms with Crippen LogP contribution in [-0.4, -0.2) is 23.8 Å². The summed E-state index contributed by atoms with van der Waals surface area (Å²) in [6.07, 6.45) is 0. The molecule has 0 aliphatic heterocycles. The van der Waals surface area contributed by atoms with Gasteiger partial charge in [0, 0.05) is 17.7 Å². The molecule has 0 spiro atoms. The number of hydrogen-bond acceptors (Lipinski definition) is 6. The van der Waals surface area contributed by atoms with E-state index in [1.807, 2.05) is 0 Å². The Kier molecular flexibility index (Phi) is 5.15. The number of nitrogens with zero attached hydrogens (tertiary/aromatic N) is 1. The van der Waals surface area contributed by atoms with Crippen LogP contribution in [0.2, 0.25) is 5.02 Å². The molecule has 0 saturated heterocycles. The molecule has 0 amide bonds. The Balaban J connectivity index is 2.30. The van der Waals surface area contributed by atoms with Crippen molar-refractivity contribution < 1.29 is 24.0 Å². The number of nitro benzene ring substituents is 1. The van der Waals surface area contributed by atoms with Crippen LogP contribution in [0.4, 0.5) is 5.69 Å². The SMILES string of the molecule is COc1cc(C(C)=O)ccc1OC(=O)c1ccc([N+](=O)[O-])cc1Cl. The second-order valence-corrected chi connectivity index (χ2v) is 5.14. The summed E-state index contributed by atoms with van der Waals surface area (Å²) < 4.78 is 10.3. The summed E-state index contributed by atoms with van der Waals surface area (Å²) in [5, 5.41) is 10.6. The molecular formula is C16H12ClNO6. The van der Waals surface area contributed by atoms with Crippen molar-refractivity contribution in [2.75, 3.05) is 7.11 Å². The summed E-state index contributed by atoms with van der Waals surface area (Å²) in [5.74, 6) is -0.663. The molecule has 0 radical (unpaired) electrons. The van der Waals surface area contributed by atoms with Gasteiger partial charge >= 0.3 is 5.97 Å². The molecule has 0 aliphatic rings. The average molecular weight is 350 g/mol. The maximum absolute atomic E-state index is 12.2. The van der Waals surface area contributed by atoms with Crippen molar-refractivity contribution in [3.63, 3.8) is 0 Å². The highest BCUT2D eigenvalue weighted by Crippen LogP contribution is 2.30. The molecule has 2 rings (SSSR count). The number of ketones is 1. The second-order valence-electron chi connectivity index (χ2n) is 4.73. The van der Waals surface area contributed by atoms with Crippen LogP contribution in [-0.2, 0) is 0 Å². The number of non-ortho nitro benzene ring substituents is 1. The number of benzene rings is 2. The lowest BCUT2D eigenvalue weighted by Crippen LogP contribution is -2.10. The molecule has 0 N–H and O–H groups in total. The Labute approximate surface area is 141 Å². The van der Waals surface area contributed by atoms with Crippen molar-refractivity contribution in [2.24, 2.45) is 0 Å². The first-order chi connectivity index (χ1) is 11.3. The summed E-state index contributed by atoms with van der Waals surface area (Å²) in [6, 6.07) is 7.78. The van der Waals surface area contributed by atoms with Gasteiger partial charge < -0.3 is 9.47 Å². The maximum Gasteiger partial charge on any atom is 0.345 e. The van der Waals surface area contributed by atoms with E-state index in [-0.39, 0.29) is 33.6 Å². The fourth-order valence-electron chi connectivity index (χ4n) is 1.91. The van der Waals surface area contributed by atoms with Crippen molar-refractivity contribution in [3.8, 4) is 11.5 Å². The van der Waals surface area contributed by atoms with E-state index in [9.17, 15) is 19.7 Å². The maximum atomic E-state index is 12.2. The minimum Gasteiger partial charge on any atom is -0.493 e. The number of hydrogen-bond donors (Lipinski definition) is 0. The third kappa shape index (κ3) is 3.69. The van der Waals surface area contributed by atoms with Crippen LogP contribution in [0.15, 0.2) is 36.4 Å². The first-order valence-corrected chi connectivity index (χ1v) is 7.06. The number of esters is 1. The third-order valence-corrected chi connectivity index (χ3v) is 3.47. The monoisotopic (exact) mass is 349 g/mol. The van der Waals surface area contributed by atoms with Crippen molar-refractivity contribution in [1.29, 1.82) is 0 Å². The predicted molar refractivity (Wildman–Crippen MR) is 86.1 cm³/mol. The Morgan fingerprint density at radius 1 is 1.12 bits per heavy atom. The van der Waals surface area contributed by atoms with Gasteiger partial charge in [-0.05, 0) is 31.2 Å². The zero-order valence-electron chi connectivity index (χ0n) is 12.7. The molecular weight excluding hydrogens is 338 g/mol. The number of ether oxygens (including phenoxy) is 2. The number of methoxy groups -OCH3 is 1. The minimum atomic E-state index is -0.802. The van der Waals surface area contributed by atoms with Crippen LogP contribution in [0.25, 0.3) is 0 Å². The van der Waals surface area contributed by atoms with Gasteiger partial charge in [0.1, 0.15) is 0 Å². The standard InChI is InChI=1S/C16H12ClNO6/c1-9(19)10-3-6-14(15(7-10)23-2)24-16(20)12-5-4-11(18(21)22)8-13(12)17/h3-8H,1-2H3. The van der Waals surface area contributed by atoms with Crippen LogP contribution in [0.5, 0.6) is 11.5 Å². The van der Waals surface area contributed by atoms with Gasteiger partial charge in [0.05, 0.1) is 22.6 Å². The Morgan fingerprint density at radius 3 is 2.38 bits per heavy atom. The van der Waals surface area contributed by atoms with Gasteiger partial charge in [-0.3, -0.25) is 14.9 Å². The largest absolute Gasteiger partial charge is 0.493 e. The molecule has 0 bridgehead atoms. The third-order valence-electron chi connectivity index (χ3n) is 3.16. The van der Waals surface area contributed by atoms with Crippen LogP contribution in [0, 0.1) is 10.1 Å². The molecule has 24 heavy (non-hydrogen) atoms. The van der Waals surface area contributed by atoms with Gasteiger partial charge in [0.25, 0.3) is 5.69 Å². The molecule has 0 unspecified atom stereocenters. The van der Waals surface area contributed by atoms with Crippen molar-refractivity contribution in [2.45, 2.75) is 6.92 Å². The van der Waals surface area contributed by atoms with Gasteiger partial charge in [-0.25, -0.2) is 4.79 Å². The average Bonchev–Trinajstić information content (AvgIpc) is 2.54. The molecule has 0 heterocycles. The summed E-state index contributed by atoms with van der Waals surface area (Å²) in [6.45, 7) is 1.40. The van der Waals surface area contributed by atoms with Gasteiger partial charge in [-0.1, -0.05) is 11.6 Å². The van der Waals surface area contributed by atoms with Crippen LogP contribution in [0.3, 0.4) is 0 Å². The summed E-state index contributed by atoms with van der Waals surface area (Å²) in [5.41, 5.74) is 0.139. The highest BCUT2D eigenvalue weighted by molar-refractivity contribution is 6.33. The number of carbonyl (C=O) groups is 2. The minimum absolute atomic E-state index is 0.0278. The van der Waals surface area contributed by atoms with E-state index in [1.165, 1.54) is 38.3 Å². The summed E-state index contributed by atoms with van der Waals surface area (Å²) in [7, 11) is 1.37. The van der Waals surface area contributed by atoms with Gasteiger partial charge in [-0.2, -0.15) is 0 Å². The van der Waals surface area contributed by atoms with E-state index in [0.29, 0.717) is 5.56 Å². The zero-order valence-corrected chi connectivity index (χ0v) is 13.5. The lowest BCUT2D eigenvalue weighted by Gasteiger charge is -2.10. The van der Waals surface area contributed by atoms with Crippen LogP contribution >= 0.6 is 11.6 Å². The molecule has 8 heteroatoms. The smallest absolute Gasteiger partial charge is 0.345 e. The number of carbonyl (C=O) groups excluding carboxylic acids is 2. The summed E-state index contributed by atoms with van der Waals surface area (Å²) >= 11 is 5.89. The van der Waals surface area contributed by atoms with E-state index < -0.39 is 10.9 Å². The van der Waals surface area contributed by atoms with Gasteiger partial charge in [0.15, 0.2) is 17.3 Å². The van der Waals surface area contributed by atoms with E-state index in [2.05, 4.69) is 0 Å². The molecule has 0 aliphatic carbocycles. The summed E-state index contributed by atoms with van der Waals surface area (Å²) in [4.78, 5) is 33.6. The first-order valence-electron chi connectivity index (χ1n) is 6.68. The fraction of sp³-hybridized carbons (Fsp3) is 0.125. The number of halogens is 1. The van der Waals surface area contributed by atoms with Crippen molar-refractivity contribution >= 4 is 29.0 Å². The molecule has 0 aromatic heterocycles. The lowest BCUT2D eigenvalue weighted by molar-refractivity contribution is -0.384. The topological polar surface area (TPSA) is 95.7 Å². The highest BCUT2D eigenvalue weighted by atomic mass is 35.5. The molecule has 0 fully saturated rings. The van der Waals surface area contributed by atoms with Crippen molar-refractivity contribution in [1.82, 2.24) is 0 Å². The normalized spacial score (nSPS) is 10.1. The van der Waals surface area contributed by atoms with Crippen LogP contribution < -0.4 is 9.47 Å². The Bertz CT molecular complexity index is 833. The quantitative estimate of drug-likeness (QED) is 0.268. The first kappa shape index (κ1) is 17.4. The van der Waals surface area contributed by atoms with E-state index in [1.54, 1.807) is 0 Å². The van der Waals surface area contributed by atoms with E-state index >= 15 is 0 Å².